The Balaban J connectivity index is 1.75. The van der Waals surface area contributed by atoms with Crippen molar-refractivity contribution in [2.75, 3.05) is 23.7 Å². The van der Waals surface area contributed by atoms with Crippen molar-refractivity contribution in [1.82, 2.24) is 5.32 Å². The van der Waals surface area contributed by atoms with Crippen LogP contribution >= 0.6 is 0 Å². The molecule has 2 aromatic carbocycles. The number of rotatable bonds is 7. The summed E-state index contributed by atoms with van der Waals surface area (Å²) in [6.07, 6.45) is 1.10. The first-order valence-corrected chi connectivity index (χ1v) is 11.8. The Kier molecular flexibility index (Phi) is 6.55. The molecule has 1 aliphatic heterocycles. The summed E-state index contributed by atoms with van der Waals surface area (Å²) in [7, 11) is -3.67. The van der Waals surface area contributed by atoms with E-state index in [1.807, 2.05) is 44.2 Å². The summed E-state index contributed by atoms with van der Waals surface area (Å²) >= 11 is 0. The second-order valence-electron chi connectivity index (χ2n) is 7.57. The lowest BCUT2D eigenvalue weighted by molar-refractivity contribution is -0.122. The number of nitrogens with one attached hydrogen (secondary N) is 1. The maximum absolute atomic E-state index is 13.0. The van der Waals surface area contributed by atoms with Gasteiger partial charge in [0.15, 0.2) is 11.5 Å². The minimum absolute atomic E-state index is 0.216. The normalized spacial score (nSPS) is 16.6. The molecule has 0 aromatic heterocycles. The van der Waals surface area contributed by atoms with Crippen molar-refractivity contribution in [3.8, 4) is 11.5 Å². The van der Waals surface area contributed by atoms with Crippen LogP contribution in [0.5, 0.6) is 11.5 Å². The number of anilines is 1. The van der Waals surface area contributed by atoms with E-state index in [0.717, 1.165) is 17.4 Å². The Morgan fingerprint density at radius 3 is 2.40 bits per heavy atom. The van der Waals surface area contributed by atoms with E-state index in [2.05, 4.69) is 5.32 Å². The average molecular weight is 433 g/mol. The van der Waals surface area contributed by atoms with Crippen molar-refractivity contribution in [3.05, 3.63) is 53.6 Å². The minimum atomic E-state index is -3.67. The molecule has 0 bridgehead atoms. The number of sulfonamides is 1. The van der Waals surface area contributed by atoms with Crippen LogP contribution in [0.2, 0.25) is 0 Å². The van der Waals surface area contributed by atoms with Crippen LogP contribution in [0.1, 0.15) is 24.5 Å². The monoisotopic (exact) mass is 432 g/mol. The maximum Gasteiger partial charge on any atom is 0.244 e. The number of fused-ring (bicyclic) bond motifs is 1. The average Bonchev–Trinajstić information content (AvgIpc) is 2.68. The maximum atomic E-state index is 13.0. The number of para-hydroxylation sites is 2. The molecule has 3 rings (SSSR count). The standard InChI is InChI=1S/C22H28N2O5S/c1-5-19(24(30(4,26)27)17-11-15(2)10-16(3)12-17)22(25)23-13-18-14-28-20-8-6-7-9-21(20)29-18/h6-12,18-19H,5,13-14H2,1-4H3,(H,23,25)/t18-,19+/m0/s1. The third kappa shape index (κ3) is 5.05. The molecule has 162 valence electrons. The number of benzene rings is 2. The van der Waals surface area contributed by atoms with Gasteiger partial charge in [-0.05, 0) is 55.7 Å². The smallest absolute Gasteiger partial charge is 0.244 e. The molecule has 1 aliphatic rings. The molecular weight excluding hydrogens is 404 g/mol. The zero-order chi connectivity index (χ0) is 21.9. The third-order valence-corrected chi connectivity index (χ3v) is 6.04. The van der Waals surface area contributed by atoms with Gasteiger partial charge in [0, 0.05) is 0 Å². The number of aryl methyl sites for hydroxylation is 2. The Morgan fingerprint density at radius 1 is 1.17 bits per heavy atom. The predicted molar refractivity (Wildman–Crippen MR) is 117 cm³/mol. The number of carbonyl (C=O) groups excluding carboxylic acids is 1. The van der Waals surface area contributed by atoms with Gasteiger partial charge in [-0.1, -0.05) is 25.1 Å². The first-order chi connectivity index (χ1) is 14.2. The lowest BCUT2D eigenvalue weighted by Gasteiger charge is -2.31. The molecule has 0 aliphatic carbocycles. The Labute approximate surface area is 178 Å². The summed E-state index contributed by atoms with van der Waals surface area (Å²) in [5.41, 5.74) is 2.35. The Morgan fingerprint density at radius 2 is 1.80 bits per heavy atom. The van der Waals surface area contributed by atoms with Gasteiger partial charge in [-0.3, -0.25) is 9.10 Å². The van der Waals surface area contributed by atoms with E-state index in [1.165, 1.54) is 4.31 Å². The molecule has 0 unspecified atom stereocenters. The van der Waals surface area contributed by atoms with E-state index < -0.39 is 16.1 Å². The molecule has 2 aromatic rings. The molecule has 1 heterocycles. The van der Waals surface area contributed by atoms with Gasteiger partial charge in [-0.25, -0.2) is 8.42 Å². The number of hydrogen-bond acceptors (Lipinski definition) is 5. The molecule has 8 heteroatoms. The fourth-order valence-electron chi connectivity index (χ4n) is 3.63. The lowest BCUT2D eigenvalue weighted by Crippen LogP contribution is -2.51. The van der Waals surface area contributed by atoms with Gasteiger partial charge in [0.1, 0.15) is 18.8 Å². The molecule has 2 atom stereocenters. The quantitative estimate of drug-likeness (QED) is 0.727. The van der Waals surface area contributed by atoms with E-state index in [-0.39, 0.29) is 18.6 Å². The summed E-state index contributed by atoms with van der Waals surface area (Å²) in [5.74, 6) is 0.928. The molecule has 0 spiro atoms. The fraction of sp³-hybridized carbons (Fsp3) is 0.409. The van der Waals surface area contributed by atoms with Gasteiger partial charge in [0.2, 0.25) is 15.9 Å². The van der Waals surface area contributed by atoms with E-state index >= 15 is 0 Å². The number of amides is 1. The van der Waals surface area contributed by atoms with Crippen molar-refractivity contribution in [2.24, 2.45) is 0 Å². The molecule has 7 nitrogen and oxygen atoms in total. The summed E-state index contributed by atoms with van der Waals surface area (Å²) in [6.45, 7) is 6.11. The second-order valence-corrected chi connectivity index (χ2v) is 9.43. The molecule has 0 saturated heterocycles. The lowest BCUT2D eigenvalue weighted by atomic mass is 10.1. The van der Waals surface area contributed by atoms with Crippen LogP contribution in [0.3, 0.4) is 0 Å². The van der Waals surface area contributed by atoms with Gasteiger partial charge in [0.05, 0.1) is 18.5 Å². The highest BCUT2D eigenvalue weighted by Gasteiger charge is 2.32. The molecule has 1 N–H and O–H groups in total. The van der Waals surface area contributed by atoms with Crippen molar-refractivity contribution in [2.45, 2.75) is 39.3 Å². The van der Waals surface area contributed by atoms with Crippen molar-refractivity contribution >= 4 is 21.6 Å². The van der Waals surface area contributed by atoms with Gasteiger partial charge in [-0.15, -0.1) is 0 Å². The topological polar surface area (TPSA) is 84.9 Å². The van der Waals surface area contributed by atoms with Crippen molar-refractivity contribution < 1.29 is 22.7 Å². The van der Waals surface area contributed by atoms with Gasteiger partial charge >= 0.3 is 0 Å². The van der Waals surface area contributed by atoms with Crippen molar-refractivity contribution in [3.63, 3.8) is 0 Å². The van der Waals surface area contributed by atoms with E-state index in [4.69, 9.17) is 9.47 Å². The largest absolute Gasteiger partial charge is 0.486 e. The Bertz CT molecular complexity index is 1000. The van der Waals surface area contributed by atoms with E-state index in [1.54, 1.807) is 19.1 Å². The fourth-order valence-corrected chi connectivity index (χ4v) is 4.83. The number of hydrogen-bond donors (Lipinski definition) is 1. The molecule has 0 fully saturated rings. The zero-order valence-corrected chi connectivity index (χ0v) is 18.5. The summed E-state index contributed by atoms with van der Waals surface area (Å²) in [6, 6.07) is 12.0. The predicted octanol–water partition coefficient (Wildman–Crippen LogP) is 2.80. The molecular formula is C22H28N2O5S. The van der Waals surface area contributed by atoms with Crippen LogP contribution in [0.15, 0.2) is 42.5 Å². The summed E-state index contributed by atoms with van der Waals surface area (Å²) in [4.78, 5) is 13.0. The van der Waals surface area contributed by atoms with E-state index in [0.29, 0.717) is 30.2 Å². The third-order valence-electron chi connectivity index (χ3n) is 4.86. The Hall–Kier alpha value is -2.74. The zero-order valence-electron chi connectivity index (χ0n) is 17.7. The van der Waals surface area contributed by atoms with Gasteiger partial charge in [0.25, 0.3) is 0 Å². The summed E-state index contributed by atoms with van der Waals surface area (Å²) < 4.78 is 37.9. The van der Waals surface area contributed by atoms with Gasteiger partial charge < -0.3 is 14.8 Å². The van der Waals surface area contributed by atoms with Crippen LogP contribution in [-0.2, 0) is 14.8 Å². The minimum Gasteiger partial charge on any atom is -0.486 e. The van der Waals surface area contributed by atoms with Crippen LogP contribution < -0.4 is 19.1 Å². The van der Waals surface area contributed by atoms with Crippen LogP contribution in [0.25, 0.3) is 0 Å². The molecule has 0 radical (unpaired) electrons. The highest BCUT2D eigenvalue weighted by Crippen LogP contribution is 2.30. The first kappa shape index (κ1) is 22.0. The number of nitrogens with zero attached hydrogens (tertiary/aromatic N) is 1. The number of ether oxygens (including phenoxy) is 2. The highest BCUT2D eigenvalue weighted by atomic mass is 32.2. The van der Waals surface area contributed by atoms with Gasteiger partial charge in [-0.2, -0.15) is 0 Å². The van der Waals surface area contributed by atoms with Crippen LogP contribution in [-0.4, -0.2) is 45.9 Å². The number of carbonyl (C=O) groups is 1. The molecule has 1 amide bonds. The highest BCUT2D eigenvalue weighted by molar-refractivity contribution is 7.92. The first-order valence-electron chi connectivity index (χ1n) is 9.93. The summed E-state index contributed by atoms with van der Waals surface area (Å²) in [5, 5.41) is 2.84. The SMILES string of the molecule is CC[C@H](C(=O)NC[C@H]1COc2ccccc2O1)N(c1cc(C)cc(C)c1)S(C)(=O)=O. The molecule has 0 saturated carbocycles. The van der Waals surface area contributed by atoms with Crippen molar-refractivity contribution in [1.29, 1.82) is 0 Å². The molecule has 30 heavy (non-hydrogen) atoms. The van der Waals surface area contributed by atoms with Crippen LogP contribution in [0, 0.1) is 13.8 Å². The van der Waals surface area contributed by atoms with Crippen LogP contribution in [0.4, 0.5) is 5.69 Å². The second kappa shape index (κ2) is 8.95. The van der Waals surface area contributed by atoms with E-state index in [9.17, 15) is 13.2 Å².